The number of likely N-dealkylation sites (tertiary alicyclic amines) is 1. The molecule has 5 nitrogen and oxygen atoms in total. The van der Waals surface area contributed by atoms with Crippen molar-refractivity contribution in [2.45, 2.75) is 45.6 Å². The van der Waals surface area contributed by atoms with Gasteiger partial charge in [-0.1, -0.05) is 0 Å². The van der Waals surface area contributed by atoms with E-state index in [0.717, 1.165) is 38.0 Å². The number of pyridine rings is 1. The topological polar surface area (TPSA) is 68.5 Å². The molecule has 5 heteroatoms. The van der Waals surface area contributed by atoms with E-state index in [1.165, 1.54) is 0 Å². The first-order valence-corrected chi connectivity index (χ1v) is 7.52. The Bertz CT molecular complexity index is 479. The standard InChI is InChI=1S/C16H25N3O2/c1-16(2,3)21-15(20)19-8-4-5-12(11-19)9-14-7-6-13(17)10-18-14/h6-7,10,12H,4-5,8-9,11,17H2,1-3H3. The van der Waals surface area contributed by atoms with Crippen LogP contribution < -0.4 is 5.73 Å². The Labute approximate surface area is 126 Å². The van der Waals surface area contributed by atoms with Gasteiger partial charge in [0, 0.05) is 18.8 Å². The molecule has 1 fully saturated rings. The average Bonchev–Trinajstić information content (AvgIpc) is 2.40. The van der Waals surface area contributed by atoms with E-state index < -0.39 is 5.60 Å². The van der Waals surface area contributed by atoms with E-state index in [2.05, 4.69) is 4.98 Å². The van der Waals surface area contributed by atoms with Gasteiger partial charge in [0.25, 0.3) is 0 Å². The lowest BCUT2D eigenvalue weighted by molar-refractivity contribution is 0.0165. The molecule has 0 bridgehead atoms. The smallest absolute Gasteiger partial charge is 0.410 e. The molecule has 0 spiro atoms. The summed E-state index contributed by atoms with van der Waals surface area (Å²) in [6, 6.07) is 3.83. The maximum atomic E-state index is 12.1. The van der Waals surface area contributed by atoms with E-state index in [1.807, 2.05) is 37.8 Å². The van der Waals surface area contributed by atoms with Crippen LogP contribution in [0.3, 0.4) is 0 Å². The first kappa shape index (κ1) is 15.6. The van der Waals surface area contributed by atoms with E-state index in [0.29, 0.717) is 11.6 Å². The van der Waals surface area contributed by atoms with Gasteiger partial charge in [-0.25, -0.2) is 4.79 Å². The number of aromatic nitrogens is 1. The first-order chi connectivity index (χ1) is 9.83. The zero-order chi connectivity index (χ0) is 15.5. The largest absolute Gasteiger partial charge is 0.444 e. The third-order valence-electron chi connectivity index (χ3n) is 3.52. The van der Waals surface area contributed by atoms with E-state index in [9.17, 15) is 4.79 Å². The summed E-state index contributed by atoms with van der Waals surface area (Å²) in [5, 5.41) is 0. The maximum absolute atomic E-state index is 12.1. The summed E-state index contributed by atoms with van der Waals surface area (Å²) >= 11 is 0. The molecule has 1 atom stereocenters. The fourth-order valence-corrected chi connectivity index (χ4v) is 2.58. The van der Waals surface area contributed by atoms with Crippen LogP contribution >= 0.6 is 0 Å². The van der Waals surface area contributed by atoms with Crippen molar-refractivity contribution in [2.75, 3.05) is 18.8 Å². The van der Waals surface area contributed by atoms with Gasteiger partial charge < -0.3 is 15.4 Å². The Morgan fingerprint density at radius 3 is 2.86 bits per heavy atom. The van der Waals surface area contributed by atoms with Gasteiger partial charge in [-0.05, 0) is 58.1 Å². The number of rotatable bonds is 2. The summed E-state index contributed by atoms with van der Waals surface area (Å²) in [7, 11) is 0. The van der Waals surface area contributed by atoms with Crippen molar-refractivity contribution in [3.05, 3.63) is 24.0 Å². The molecule has 1 aliphatic rings. The fraction of sp³-hybridized carbons (Fsp3) is 0.625. The van der Waals surface area contributed by atoms with Gasteiger partial charge in [0.05, 0.1) is 11.9 Å². The van der Waals surface area contributed by atoms with Gasteiger partial charge in [0.15, 0.2) is 0 Å². The van der Waals surface area contributed by atoms with Crippen LogP contribution in [0.2, 0.25) is 0 Å². The number of anilines is 1. The number of ether oxygens (including phenoxy) is 1. The molecule has 2 N–H and O–H groups in total. The Balaban J connectivity index is 1.91. The van der Waals surface area contributed by atoms with Crippen LogP contribution in [0.25, 0.3) is 0 Å². The van der Waals surface area contributed by atoms with Gasteiger partial charge in [-0.15, -0.1) is 0 Å². The van der Waals surface area contributed by atoms with Crippen LogP contribution in [0, 0.1) is 5.92 Å². The Morgan fingerprint density at radius 2 is 2.24 bits per heavy atom. The van der Waals surface area contributed by atoms with Crippen LogP contribution in [0.4, 0.5) is 10.5 Å². The quantitative estimate of drug-likeness (QED) is 0.909. The molecule has 1 unspecified atom stereocenters. The van der Waals surface area contributed by atoms with Crippen LogP contribution in [0.1, 0.15) is 39.3 Å². The van der Waals surface area contributed by atoms with Gasteiger partial charge >= 0.3 is 6.09 Å². The number of hydrogen-bond acceptors (Lipinski definition) is 4. The number of hydrogen-bond donors (Lipinski definition) is 1. The molecular weight excluding hydrogens is 266 g/mol. The van der Waals surface area contributed by atoms with Crippen LogP contribution in [-0.2, 0) is 11.2 Å². The fourth-order valence-electron chi connectivity index (χ4n) is 2.58. The normalized spacial score (nSPS) is 19.4. The van der Waals surface area contributed by atoms with Crippen molar-refractivity contribution < 1.29 is 9.53 Å². The lowest BCUT2D eigenvalue weighted by Crippen LogP contribution is -2.43. The van der Waals surface area contributed by atoms with Crippen molar-refractivity contribution in [1.29, 1.82) is 0 Å². The van der Waals surface area contributed by atoms with Crippen LogP contribution in [0.5, 0.6) is 0 Å². The van der Waals surface area contributed by atoms with E-state index in [1.54, 1.807) is 6.20 Å². The highest BCUT2D eigenvalue weighted by Crippen LogP contribution is 2.22. The SMILES string of the molecule is CC(C)(C)OC(=O)N1CCCC(Cc2ccc(N)cn2)C1. The third-order valence-corrected chi connectivity index (χ3v) is 3.52. The van der Waals surface area contributed by atoms with Gasteiger partial charge in [0.1, 0.15) is 5.60 Å². The summed E-state index contributed by atoms with van der Waals surface area (Å²) < 4.78 is 5.45. The minimum atomic E-state index is -0.442. The number of amides is 1. The molecule has 21 heavy (non-hydrogen) atoms. The third kappa shape index (κ3) is 4.92. The number of nitrogen functional groups attached to an aromatic ring is 1. The van der Waals surface area contributed by atoms with Crippen molar-refractivity contribution in [1.82, 2.24) is 9.88 Å². The number of carbonyl (C=O) groups is 1. The summed E-state index contributed by atoms with van der Waals surface area (Å²) in [6.07, 6.45) is 4.48. The average molecular weight is 291 g/mol. The molecule has 1 aromatic rings. The van der Waals surface area contributed by atoms with Gasteiger partial charge in [-0.2, -0.15) is 0 Å². The lowest BCUT2D eigenvalue weighted by atomic mass is 9.93. The predicted molar refractivity (Wildman–Crippen MR) is 82.9 cm³/mol. The van der Waals surface area contributed by atoms with Crippen LogP contribution in [-0.4, -0.2) is 34.7 Å². The van der Waals surface area contributed by atoms with Crippen LogP contribution in [0.15, 0.2) is 18.3 Å². The molecule has 0 aromatic carbocycles. The highest BCUT2D eigenvalue weighted by Gasteiger charge is 2.27. The molecule has 2 heterocycles. The second kappa shape index (κ2) is 6.33. The molecule has 1 aromatic heterocycles. The summed E-state index contributed by atoms with van der Waals surface area (Å²) in [4.78, 5) is 18.3. The zero-order valence-corrected chi connectivity index (χ0v) is 13.1. The minimum Gasteiger partial charge on any atom is -0.444 e. The van der Waals surface area contributed by atoms with Crippen molar-refractivity contribution in [3.63, 3.8) is 0 Å². The highest BCUT2D eigenvalue weighted by molar-refractivity contribution is 5.68. The van der Waals surface area contributed by atoms with E-state index >= 15 is 0 Å². The molecule has 0 saturated carbocycles. The minimum absolute atomic E-state index is 0.211. The molecule has 1 amide bonds. The predicted octanol–water partition coefficient (Wildman–Crippen LogP) is 2.85. The molecule has 0 radical (unpaired) electrons. The lowest BCUT2D eigenvalue weighted by Gasteiger charge is -2.34. The Kier molecular flexibility index (Phi) is 4.70. The molecule has 1 aliphatic heterocycles. The summed E-state index contributed by atoms with van der Waals surface area (Å²) in [6.45, 7) is 7.20. The van der Waals surface area contributed by atoms with E-state index in [-0.39, 0.29) is 6.09 Å². The number of nitrogens with zero attached hydrogens (tertiary/aromatic N) is 2. The number of nitrogens with two attached hydrogens (primary N) is 1. The summed E-state index contributed by atoms with van der Waals surface area (Å²) in [5.74, 6) is 0.433. The van der Waals surface area contributed by atoms with Crippen molar-refractivity contribution >= 4 is 11.8 Å². The van der Waals surface area contributed by atoms with Gasteiger partial charge in [-0.3, -0.25) is 4.98 Å². The Morgan fingerprint density at radius 1 is 1.48 bits per heavy atom. The molecule has 2 rings (SSSR count). The first-order valence-electron chi connectivity index (χ1n) is 7.52. The molecule has 0 aliphatic carbocycles. The van der Waals surface area contributed by atoms with Crippen molar-refractivity contribution in [3.8, 4) is 0 Å². The van der Waals surface area contributed by atoms with Gasteiger partial charge in [0.2, 0.25) is 0 Å². The number of piperidine rings is 1. The molecule has 116 valence electrons. The Hall–Kier alpha value is -1.78. The monoisotopic (exact) mass is 291 g/mol. The zero-order valence-electron chi connectivity index (χ0n) is 13.1. The second-order valence-corrected chi connectivity index (χ2v) is 6.72. The van der Waals surface area contributed by atoms with E-state index in [4.69, 9.17) is 10.5 Å². The van der Waals surface area contributed by atoms with Crippen molar-refractivity contribution in [2.24, 2.45) is 5.92 Å². The number of carbonyl (C=O) groups excluding carboxylic acids is 1. The summed E-state index contributed by atoms with van der Waals surface area (Å²) in [5.41, 5.74) is 6.91. The molecular formula is C16H25N3O2. The second-order valence-electron chi connectivity index (χ2n) is 6.72. The maximum Gasteiger partial charge on any atom is 0.410 e. The molecule has 1 saturated heterocycles. The highest BCUT2D eigenvalue weighted by atomic mass is 16.6.